The Morgan fingerprint density at radius 2 is 1.57 bits per heavy atom. The van der Waals surface area contributed by atoms with Crippen molar-refractivity contribution in [2.45, 2.75) is 4.90 Å². The fourth-order valence-electron chi connectivity index (χ4n) is 3.24. The van der Waals surface area contributed by atoms with Gasteiger partial charge in [0.1, 0.15) is 15.6 Å². The van der Waals surface area contributed by atoms with E-state index in [4.69, 9.17) is 23.2 Å². The predicted octanol–water partition coefficient (Wildman–Crippen LogP) is 4.26. The van der Waals surface area contributed by atoms with Gasteiger partial charge in [0.25, 0.3) is 5.91 Å². The van der Waals surface area contributed by atoms with Gasteiger partial charge in [0, 0.05) is 37.1 Å². The van der Waals surface area contributed by atoms with E-state index < -0.39 is 10.0 Å². The number of benzene rings is 2. The summed E-state index contributed by atoms with van der Waals surface area (Å²) in [4.78, 5) is 18.8. The Labute approximate surface area is 188 Å². The van der Waals surface area contributed by atoms with Gasteiger partial charge in [0.15, 0.2) is 0 Å². The highest BCUT2D eigenvalue weighted by Crippen LogP contribution is 2.32. The van der Waals surface area contributed by atoms with Gasteiger partial charge in [0.05, 0.1) is 10.0 Å². The molecule has 2 aromatic carbocycles. The maximum Gasteiger partial charge on any atom is 0.273 e. The number of thiazole rings is 1. The van der Waals surface area contributed by atoms with E-state index in [1.54, 1.807) is 16.3 Å². The van der Waals surface area contributed by atoms with Gasteiger partial charge in [-0.25, -0.2) is 13.4 Å². The maximum atomic E-state index is 13.0. The van der Waals surface area contributed by atoms with Crippen LogP contribution in [0.25, 0.3) is 10.6 Å². The van der Waals surface area contributed by atoms with Crippen molar-refractivity contribution in [3.63, 3.8) is 0 Å². The van der Waals surface area contributed by atoms with E-state index in [-0.39, 0.29) is 47.0 Å². The molecule has 0 radical (unpaired) electrons. The molecule has 1 aliphatic rings. The average molecular weight is 482 g/mol. The van der Waals surface area contributed by atoms with Crippen molar-refractivity contribution in [3.05, 3.63) is 69.7 Å². The summed E-state index contributed by atoms with van der Waals surface area (Å²) >= 11 is 13.6. The van der Waals surface area contributed by atoms with Crippen molar-refractivity contribution in [1.29, 1.82) is 0 Å². The van der Waals surface area contributed by atoms with Crippen LogP contribution in [-0.4, -0.2) is 54.7 Å². The quantitative estimate of drug-likeness (QED) is 0.557. The summed E-state index contributed by atoms with van der Waals surface area (Å²) in [7, 11) is -3.85. The minimum absolute atomic E-state index is 0.0805. The molecular formula is C20H17Cl2N3O3S2. The van der Waals surface area contributed by atoms with E-state index in [2.05, 4.69) is 4.98 Å². The average Bonchev–Trinajstić information content (AvgIpc) is 3.24. The smallest absolute Gasteiger partial charge is 0.273 e. The first kappa shape index (κ1) is 21.3. The molecule has 3 aromatic rings. The zero-order chi connectivity index (χ0) is 21.3. The van der Waals surface area contributed by atoms with Crippen molar-refractivity contribution >= 4 is 50.5 Å². The topological polar surface area (TPSA) is 70.6 Å². The van der Waals surface area contributed by atoms with Gasteiger partial charge < -0.3 is 4.90 Å². The third-order valence-electron chi connectivity index (χ3n) is 4.79. The zero-order valence-electron chi connectivity index (χ0n) is 15.7. The minimum Gasteiger partial charge on any atom is -0.335 e. The molecule has 1 aliphatic heterocycles. The molecule has 0 atom stereocenters. The van der Waals surface area contributed by atoms with Crippen LogP contribution in [0.1, 0.15) is 10.5 Å². The fourth-order valence-corrected chi connectivity index (χ4v) is 6.55. The van der Waals surface area contributed by atoms with E-state index >= 15 is 0 Å². The molecule has 10 heteroatoms. The van der Waals surface area contributed by atoms with Crippen LogP contribution in [0.15, 0.2) is 58.8 Å². The second-order valence-electron chi connectivity index (χ2n) is 6.65. The Hall–Kier alpha value is -1.97. The molecule has 30 heavy (non-hydrogen) atoms. The number of sulfonamides is 1. The molecule has 0 unspecified atom stereocenters. The van der Waals surface area contributed by atoms with Crippen LogP contribution in [0.4, 0.5) is 0 Å². The third-order valence-corrected chi connectivity index (χ3v) is 8.53. The Morgan fingerprint density at radius 3 is 2.20 bits per heavy atom. The van der Waals surface area contributed by atoms with Crippen molar-refractivity contribution in [2.24, 2.45) is 0 Å². The summed E-state index contributed by atoms with van der Waals surface area (Å²) in [6, 6.07) is 14.2. The summed E-state index contributed by atoms with van der Waals surface area (Å²) in [5, 5.41) is 2.67. The Bertz CT molecular complexity index is 1150. The largest absolute Gasteiger partial charge is 0.335 e. The number of amides is 1. The molecule has 0 saturated carbocycles. The number of hydrogen-bond acceptors (Lipinski definition) is 5. The molecule has 156 valence electrons. The van der Waals surface area contributed by atoms with Crippen molar-refractivity contribution < 1.29 is 13.2 Å². The van der Waals surface area contributed by atoms with E-state index in [9.17, 15) is 13.2 Å². The predicted molar refractivity (Wildman–Crippen MR) is 119 cm³/mol. The van der Waals surface area contributed by atoms with Crippen LogP contribution in [0.5, 0.6) is 0 Å². The number of carbonyl (C=O) groups excluding carboxylic acids is 1. The molecule has 1 fully saturated rings. The normalized spacial score (nSPS) is 15.3. The molecule has 1 amide bonds. The van der Waals surface area contributed by atoms with Gasteiger partial charge in [-0.05, 0) is 12.1 Å². The summed E-state index contributed by atoms with van der Waals surface area (Å²) in [6.07, 6.45) is 0. The Kier molecular flexibility index (Phi) is 6.13. The van der Waals surface area contributed by atoms with Gasteiger partial charge in [-0.3, -0.25) is 4.79 Å². The lowest BCUT2D eigenvalue weighted by Gasteiger charge is -2.34. The van der Waals surface area contributed by atoms with Gasteiger partial charge in [-0.15, -0.1) is 11.3 Å². The molecule has 0 aliphatic carbocycles. The zero-order valence-corrected chi connectivity index (χ0v) is 18.8. The first-order valence-corrected chi connectivity index (χ1v) is 12.2. The van der Waals surface area contributed by atoms with E-state index in [0.717, 1.165) is 10.6 Å². The molecule has 0 N–H and O–H groups in total. The van der Waals surface area contributed by atoms with Crippen molar-refractivity contribution in [1.82, 2.24) is 14.2 Å². The molecule has 2 heterocycles. The van der Waals surface area contributed by atoms with E-state index in [1.165, 1.54) is 27.8 Å². The van der Waals surface area contributed by atoms with Crippen LogP contribution in [0.2, 0.25) is 10.0 Å². The second-order valence-corrected chi connectivity index (χ2v) is 10.2. The number of rotatable bonds is 4. The molecule has 1 aromatic heterocycles. The summed E-state index contributed by atoms with van der Waals surface area (Å²) < 4.78 is 27.3. The molecule has 1 saturated heterocycles. The number of hydrogen-bond donors (Lipinski definition) is 0. The molecule has 0 spiro atoms. The summed E-state index contributed by atoms with van der Waals surface area (Å²) in [6.45, 7) is 0.841. The van der Waals surface area contributed by atoms with Crippen molar-refractivity contribution in [2.75, 3.05) is 26.2 Å². The highest BCUT2D eigenvalue weighted by Gasteiger charge is 2.33. The summed E-state index contributed by atoms with van der Waals surface area (Å²) in [5.74, 6) is -0.207. The minimum atomic E-state index is -3.85. The molecule has 4 rings (SSSR count). The number of aromatic nitrogens is 1. The second kappa shape index (κ2) is 8.64. The van der Waals surface area contributed by atoms with Crippen LogP contribution in [-0.2, 0) is 10.0 Å². The van der Waals surface area contributed by atoms with Gasteiger partial charge in [0.2, 0.25) is 10.0 Å². The van der Waals surface area contributed by atoms with Gasteiger partial charge in [-0.1, -0.05) is 59.6 Å². The Morgan fingerprint density at radius 1 is 0.933 bits per heavy atom. The number of carbonyl (C=O) groups is 1. The van der Waals surface area contributed by atoms with Gasteiger partial charge >= 0.3 is 0 Å². The van der Waals surface area contributed by atoms with Crippen LogP contribution < -0.4 is 0 Å². The SMILES string of the molecule is O=C(c1csc(-c2ccccc2)n1)N1CCN(S(=O)(=O)c2c(Cl)cccc2Cl)CC1. The number of piperazine rings is 1. The number of nitrogens with zero attached hydrogens (tertiary/aromatic N) is 3. The lowest BCUT2D eigenvalue weighted by atomic mass is 10.2. The first-order valence-electron chi connectivity index (χ1n) is 9.12. The van der Waals surface area contributed by atoms with Crippen LogP contribution >= 0.6 is 34.5 Å². The van der Waals surface area contributed by atoms with Crippen LogP contribution in [0, 0.1) is 0 Å². The first-order chi connectivity index (χ1) is 14.4. The Balaban J connectivity index is 1.46. The van der Waals surface area contributed by atoms with Crippen LogP contribution in [0.3, 0.4) is 0 Å². The van der Waals surface area contributed by atoms with Crippen molar-refractivity contribution in [3.8, 4) is 10.6 Å². The summed E-state index contributed by atoms with van der Waals surface area (Å²) in [5.41, 5.74) is 1.32. The maximum absolute atomic E-state index is 13.0. The molecule has 6 nitrogen and oxygen atoms in total. The molecular weight excluding hydrogens is 465 g/mol. The highest BCUT2D eigenvalue weighted by atomic mass is 35.5. The highest BCUT2D eigenvalue weighted by molar-refractivity contribution is 7.89. The van der Waals surface area contributed by atoms with E-state index in [1.807, 2.05) is 30.3 Å². The standard InChI is InChI=1S/C20H17Cl2N3O3S2/c21-15-7-4-8-16(22)18(15)30(27,28)25-11-9-24(10-12-25)20(26)17-13-29-19(23-17)14-5-2-1-3-6-14/h1-8,13H,9-12H2. The van der Waals surface area contributed by atoms with Gasteiger partial charge in [-0.2, -0.15) is 4.31 Å². The van der Waals surface area contributed by atoms with E-state index in [0.29, 0.717) is 5.69 Å². The molecule has 0 bridgehead atoms. The third kappa shape index (κ3) is 4.10. The number of halogens is 2. The monoisotopic (exact) mass is 481 g/mol. The fraction of sp³-hybridized carbons (Fsp3) is 0.200. The lowest BCUT2D eigenvalue weighted by Crippen LogP contribution is -2.50. The lowest BCUT2D eigenvalue weighted by molar-refractivity contribution is 0.0693.